The van der Waals surface area contributed by atoms with Crippen LogP contribution in [0.2, 0.25) is 0 Å². The molecule has 4 heterocycles. The number of phenols is 2. The lowest BCUT2D eigenvalue weighted by Gasteiger charge is -2.49. The summed E-state index contributed by atoms with van der Waals surface area (Å²) in [5, 5.41) is 39.6. The van der Waals surface area contributed by atoms with Gasteiger partial charge in [-0.15, -0.1) is 34.9 Å². The number of thioether (sulfide) groups is 2. The van der Waals surface area contributed by atoms with Crippen LogP contribution in [-0.4, -0.2) is 121 Å². The second kappa shape index (κ2) is 32.2. The molecule has 0 radical (unpaired) electrons. The van der Waals surface area contributed by atoms with Crippen LogP contribution in [0.1, 0.15) is 130 Å². The van der Waals surface area contributed by atoms with Gasteiger partial charge in [0.15, 0.2) is 28.4 Å². The standard InChI is InChI=1S/C46H38N6O13S4.C16H36N/c1-62-28-15-12-23(13-16-28)19-63-43(60)35-27(21-67-45-32(42(58)59)38(55)51-69-45)20-66-41-34(40(57)52(35)41)49-39(56)33(29-22-68-46(47)48-29)50-65-37(26-14-17-30(53)31(54)18-26)44(61)64-36(24-8-4-2-5-9-24)25-10-6-3-7-11-25;1-5-9-13-17(14-10-6-2,15-11-7-3)16-12-8-4/h2-18,22,34,36-37,41,53-54H,19-21H2,1H3,(H2,47,48)(H,49,56)(H,51,55)(H,58,59);5-16H2,1-4H3/q;+1/p-1/b50-33-;. The molecular weight excluding hydrogens is 1180 g/mol. The number of fused-ring (bicyclic) bond motifs is 1. The summed E-state index contributed by atoms with van der Waals surface area (Å²) in [6, 6.07) is 26.7. The number of hydrogen-bond donors (Lipinski definition) is 5. The van der Waals surface area contributed by atoms with Crippen molar-refractivity contribution in [1.29, 1.82) is 0 Å². The van der Waals surface area contributed by atoms with Crippen molar-refractivity contribution < 1.29 is 62.8 Å². The summed E-state index contributed by atoms with van der Waals surface area (Å²) in [7, 11) is 1.51. The number of methoxy groups -OCH3 is 1. The van der Waals surface area contributed by atoms with Crippen LogP contribution < -0.4 is 26.5 Å². The molecule has 0 saturated carbocycles. The third-order valence-electron chi connectivity index (χ3n) is 14.4. The molecule has 3 unspecified atom stereocenters. The number of H-pyrrole nitrogens is 1. The molecule has 2 aliphatic heterocycles. The van der Waals surface area contributed by atoms with Gasteiger partial charge in [-0.1, -0.05) is 149 Å². The van der Waals surface area contributed by atoms with Gasteiger partial charge in [0.25, 0.3) is 17.4 Å². The van der Waals surface area contributed by atoms with Gasteiger partial charge in [0.2, 0.25) is 6.10 Å². The van der Waals surface area contributed by atoms with Crippen molar-refractivity contribution in [1.82, 2.24) is 19.6 Å². The van der Waals surface area contributed by atoms with Crippen molar-refractivity contribution >= 4 is 87.0 Å². The van der Waals surface area contributed by atoms with Crippen molar-refractivity contribution in [2.45, 2.75) is 114 Å². The van der Waals surface area contributed by atoms with E-state index in [9.17, 15) is 44.1 Å². The number of unbranched alkanes of at least 4 members (excludes halogenated alkanes) is 4. The topological polar surface area (TPSA) is 285 Å². The minimum Gasteiger partial charge on any atom is -0.545 e. The molecule has 0 aliphatic carbocycles. The lowest BCUT2D eigenvalue weighted by atomic mass is 10.0. The minimum absolute atomic E-state index is 0.0198. The fourth-order valence-corrected chi connectivity index (χ4v) is 13.7. The Kier molecular flexibility index (Phi) is 24.7. The van der Waals surface area contributed by atoms with Gasteiger partial charge in [-0.25, -0.2) is 14.6 Å². The number of nitrogens with one attached hydrogen (secondary N) is 2. The molecule has 1 fully saturated rings. The lowest BCUT2D eigenvalue weighted by Crippen LogP contribution is -2.71. The van der Waals surface area contributed by atoms with Gasteiger partial charge >= 0.3 is 11.9 Å². The molecule has 1 saturated heterocycles. The number of aromatic amines is 1. The van der Waals surface area contributed by atoms with E-state index in [-0.39, 0.29) is 44.4 Å². The summed E-state index contributed by atoms with van der Waals surface area (Å²) < 4.78 is 20.8. The molecule has 2 aromatic heterocycles. The fourth-order valence-electron chi connectivity index (χ4n) is 9.71. The molecule has 2 amide bonds. The molecule has 0 spiro atoms. The number of aromatic carboxylic acids is 1. The van der Waals surface area contributed by atoms with Crippen molar-refractivity contribution in [2.24, 2.45) is 5.16 Å². The van der Waals surface area contributed by atoms with Gasteiger partial charge in [0, 0.05) is 22.4 Å². The number of benzene rings is 4. The summed E-state index contributed by atoms with van der Waals surface area (Å²) in [4.78, 5) is 91.8. The Hall–Kier alpha value is -7.64. The van der Waals surface area contributed by atoms with Gasteiger partial charge in [0.1, 0.15) is 35.2 Å². The molecule has 6 aromatic rings. The van der Waals surface area contributed by atoms with E-state index in [2.05, 4.69) is 47.5 Å². The minimum atomic E-state index is -1.76. The van der Waals surface area contributed by atoms with Gasteiger partial charge in [-0.05, 0) is 72.2 Å². The van der Waals surface area contributed by atoms with E-state index in [0.29, 0.717) is 28.0 Å². The van der Waals surface area contributed by atoms with Gasteiger partial charge in [-0.2, -0.15) is 0 Å². The highest BCUT2D eigenvalue weighted by Crippen LogP contribution is 2.43. The monoisotopic (exact) mass is 1250 g/mol. The fraction of sp³-hybridized carbons (Fsp3) is 0.387. The first-order chi connectivity index (χ1) is 41.5. The van der Waals surface area contributed by atoms with Crippen molar-refractivity contribution in [3.05, 3.63) is 164 Å². The molecule has 86 heavy (non-hydrogen) atoms. The molecular formula is C62H73N7O13S4. The van der Waals surface area contributed by atoms with Crippen LogP contribution in [0.25, 0.3) is 0 Å². The Morgan fingerprint density at radius 3 is 1.99 bits per heavy atom. The van der Waals surface area contributed by atoms with Gasteiger partial charge in [0.05, 0.1) is 49.0 Å². The van der Waals surface area contributed by atoms with Crippen LogP contribution in [0, 0.1) is 0 Å². The largest absolute Gasteiger partial charge is 0.545 e. The normalized spacial score (nSPS) is 15.2. The van der Waals surface area contributed by atoms with Crippen LogP contribution in [0.15, 0.2) is 134 Å². The zero-order chi connectivity index (χ0) is 61.8. The van der Waals surface area contributed by atoms with Crippen LogP contribution in [0.5, 0.6) is 17.2 Å². The maximum Gasteiger partial charge on any atom is 0.355 e. The molecule has 458 valence electrons. The third-order valence-corrected chi connectivity index (χ3v) is 18.7. The highest BCUT2D eigenvalue weighted by atomic mass is 32.2. The highest BCUT2D eigenvalue weighted by Gasteiger charge is 2.55. The Balaban J connectivity index is 0.000000541. The lowest BCUT2D eigenvalue weighted by molar-refractivity contribution is -0.929. The summed E-state index contributed by atoms with van der Waals surface area (Å²) in [6.07, 6.45) is 8.36. The number of nitrogens with two attached hydrogens (primary N) is 1. The molecule has 0 bridgehead atoms. The number of oxime groups is 1. The summed E-state index contributed by atoms with van der Waals surface area (Å²) >= 11 is 3.90. The Labute approximate surface area is 516 Å². The van der Waals surface area contributed by atoms with Crippen molar-refractivity contribution in [3.63, 3.8) is 0 Å². The summed E-state index contributed by atoms with van der Waals surface area (Å²) in [6.45, 7) is 14.8. The average Bonchev–Trinajstić information content (AvgIpc) is 0.929. The number of thiazole rings is 1. The number of β-lactam (4-membered cyclic amide) rings is 1. The van der Waals surface area contributed by atoms with E-state index in [1.54, 1.807) is 84.9 Å². The number of carboxylic acids is 1. The first-order valence-electron chi connectivity index (χ1n) is 28.5. The third kappa shape index (κ3) is 17.1. The number of rotatable bonds is 30. The number of carbonyl (C=O) groups excluding carboxylic acids is 5. The summed E-state index contributed by atoms with van der Waals surface area (Å²) in [5.41, 5.74) is 6.04. The number of ether oxygens (including phenoxy) is 3. The second-order valence-electron chi connectivity index (χ2n) is 20.5. The SMILES string of the molecule is CCCC[N+](CCCC)(CCCC)CCCC.COc1ccc(COC(=O)C2=C(CSc3s[nH]c(=O)c3C(=O)[O-])CSC3C(NC(=O)/C(=N\OC(C(=O)OC(c4ccccc4)c4ccccc4)c4ccc(O)c(O)c4)c4csc(N)n4)C(=O)N23)cc1. The van der Waals surface area contributed by atoms with E-state index >= 15 is 0 Å². The quantitative estimate of drug-likeness (QED) is 0.00534. The van der Waals surface area contributed by atoms with E-state index < -0.39 is 81.7 Å². The number of aromatic hydroxyl groups is 2. The number of carbonyl (C=O) groups is 5. The predicted octanol–water partition coefficient (Wildman–Crippen LogP) is 9.25. The van der Waals surface area contributed by atoms with Gasteiger partial charge < -0.3 is 54.7 Å². The number of nitrogens with zero attached hydrogens (tertiary/aromatic N) is 4. The number of anilines is 1. The number of carboxylic acid groups (broad SMARTS) is 1. The molecule has 6 N–H and O–H groups in total. The van der Waals surface area contributed by atoms with Crippen LogP contribution in [-0.2, 0) is 40.1 Å². The number of aromatic nitrogens is 2. The number of esters is 2. The van der Waals surface area contributed by atoms with Crippen LogP contribution in [0.3, 0.4) is 0 Å². The summed E-state index contributed by atoms with van der Waals surface area (Å²) in [5.74, 6) is -5.67. The second-order valence-corrected chi connectivity index (χ2v) is 24.6. The maximum atomic E-state index is 14.3. The van der Waals surface area contributed by atoms with Crippen LogP contribution >= 0.6 is 46.4 Å². The zero-order valence-corrected chi connectivity index (χ0v) is 52.0. The maximum absolute atomic E-state index is 14.3. The van der Waals surface area contributed by atoms with Crippen molar-refractivity contribution in [2.75, 3.05) is 50.5 Å². The highest BCUT2D eigenvalue weighted by molar-refractivity contribution is 8.02. The van der Waals surface area contributed by atoms with E-state index in [0.717, 1.165) is 46.8 Å². The Bertz CT molecular complexity index is 3300. The first kappa shape index (κ1) is 65.9. The number of quaternary nitrogens is 1. The predicted molar refractivity (Wildman–Crippen MR) is 332 cm³/mol. The number of nitrogen functional groups attached to an aromatic ring is 1. The Morgan fingerprint density at radius 1 is 0.849 bits per heavy atom. The van der Waals surface area contributed by atoms with Crippen LogP contribution in [0.4, 0.5) is 5.13 Å². The molecule has 8 rings (SSSR count). The number of phenolic OH excluding ortho intramolecular Hbond substituents is 2. The molecule has 2 aliphatic rings. The Morgan fingerprint density at radius 2 is 1.45 bits per heavy atom. The molecule has 3 atom stereocenters. The van der Waals surface area contributed by atoms with E-state index in [1.807, 2.05) is 0 Å². The van der Waals surface area contributed by atoms with E-state index in [4.69, 9.17) is 24.8 Å². The molecule has 20 nitrogen and oxygen atoms in total. The van der Waals surface area contributed by atoms with E-state index in [1.165, 1.54) is 117 Å². The smallest absolute Gasteiger partial charge is 0.355 e. The number of hydrogen-bond acceptors (Lipinski definition) is 20. The van der Waals surface area contributed by atoms with Crippen molar-refractivity contribution in [3.8, 4) is 17.2 Å². The zero-order valence-electron chi connectivity index (χ0n) is 48.7. The number of amides is 2. The molecule has 4 aromatic carbocycles. The molecule has 24 heteroatoms. The van der Waals surface area contributed by atoms with Gasteiger partial charge in [-0.3, -0.25) is 23.7 Å². The first-order valence-corrected chi connectivity index (χ1v) is 32.2. The average molecular weight is 1250 g/mol.